The third-order valence-corrected chi connectivity index (χ3v) is 3.62. The first-order chi connectivity index (χ1) is 9.81. The fourth-order valence-corrected chi connectivity index (χ4v) is 2.48. The SMILES string of the molecule is CCOC(=O)c1ccccc1OCCC1CCNCC1.Cl. The average molecular weight is 314 g/mol. The number of halogens is 1. The van der Waals surface area contributed by atoms with E-state index in [0.717, 1.165) is 25.4 Å². The van der Waals surface area contributed by atoms with Gasteiger partial charge in [0.1, 0.15) is 11.3 Å². The van der Waals surface area contributed by atoms with E-state index in [1.54, 1.807) is 13.0 Å². The van der Waals surface area contributed by atoms with E-state index in [1.165, 1.54) is 12.8 Å². The zero-order chi connectivity index (χ0) is 14.2. The van der Waals surface area contributed by atoms with Crippen LogP contribution in [0.25, 0.3) is 0 Å². The Morgan fingerprint density at radius 1 is 1.29 bits per heavy atom. The van der Waals surface area contributed by atoms with E-state index in [9.17, 15) is 4.79 Å². The Balaban J connectivity index is 0.00000220. The van der Waals surface area contributed by atoms with Gasteiger partial charge in [-0.05, 0) is 57.3 Å². The average Bonchev–Trinajstić information content (AvgIpc) is 2.49. The fraction of sp³-hybridized carbons (Fsp3) is 0.562. The summed E-state index contributed by atoms with van der Waals surface area (Å²) in [5.74, 6) is 1.04. The highest BCUT2D eigenvalue weighted by Crippen LogP contribution is 2.21. The third-order valence-electron chi connectivity index (χ3n) is 3.62. The molecule has 1 fully saturated rings. The highest BCUT2D eigenvalue weighted by molar-refractivity contribution is 5.92. The van der Waals surface area contributed by atoms with E-state index in [-0.39, 0.29) is 18.4 Å². The van der Waals surface area contributed by atoms with Gasteiger partial charge in [-0.15, -0.1) is 12.4 Å². The zero-order valence-electron chi connectivity index (χ0n) is 12.5. The van der Waals surface area contributed by atoms with Crippen molar-refractivity contribution in [2.24, 2.45) is 5.92 Å². The summed E-state index contributed by atoms with van der Waals surface area (Å²) in [7, 11) is 0. The molecule has 1 aromatic carbocycles. The molecule has 1 aliphatic rings. The molecule has 0 saturated carbocycles. The first-order valence-corrected chi connectivity index (χ1v) is 7.41. The summed E-state index contributed by atoms with van der Waals surface area (Å²) in [4.78, 5) is 11.8. The van der Waals surface area contributed by atoms with Crippen LogP contribution in [0.5, 0.6) is 5.75 Å². The van der Waals surface area contributed by atoms with Gasteiger partial charge in [-0.1, -0.05) is 12.1 Å². The van der Waals surface area contributed by atoms with Crippen molar-refractivity contribution in [1.29, 1.82) is 0 Å². The Labute approximate surface area is 132 Å². The van der Waals surface area contributed by atoms with Gasteiger partial charge in [0.05, 0.1) is 13.2 Å². The Bertz CT molecular complexity index is 433. The van der Waals surface area contributed by atoms with Crippen LogP contribution >= 0.6 is 12.4 Å². The number of carbonyl (C=O) groups is 1. The smallest absolute Gasteiger partial charge is 0.341 e. The standard InChI is InChI=1S/C16H23NO3.ClH/c1-2-19-16(18)14-5-3-4-6-15(14)20-12-9-13-7-10-17-11-8-13;/h3-6,13,17H,2,7-12H2,1H3;1H. The summed E-state index contributed by atoms with van der Waals surface area (Å²) in [5, 5.41) is 3.36. The van der Waals surface area contributed by atoms with E-state index < -0.39 is 0 Å². The molecule has 0 spiro atoms. The van der Waals surface area contributed by atoms with Crippen LogP contribution in [0.4, 0.5) is 0 Å². The van der Waals surface area contributed by atoms with E-state index in [1.807, 2.05) is 18.2 Å². The first-order valence-electron chi connectivity index (χ1n) is 7.41. The molecule has 0 bridgehead atoms. The molecule has 1 N–H and O–H groups in total. The van der Waals surface area contributed by atoms with E-state index >= 15 is 0 Å². The van der Waals surface area contributed by atoms with Gasteiger partial charge < -0.3 is 14.8 Å². The summed E-state index contributed by atoms with van der Waals surface area (Å²) in [6.07, 6.45) is 3.46. The Hall–Kier alpha value is -1.26. The Kier molecular flexibility index (Phi) is 8.16. The fourth-order valence-electron chi connectivity index (χ4n) is 2.48. The number of esters is 1. The quantitative estimate of drug-likeness (QED) is 0.820. The van der Waals surface area contributed by atoms with Gasteiger partial charge in [0.25, 0.3) is 0 Å². The molecule has 0 unspecified atom stereocenters. The van der Waals surface area contributed by atoms with Crippen molar-refractivity contribution < 1.29 is 14.3 Å². The number of hydrogen-bond donors (Lipinski definition) is 1. The van der Waals surface area contributed by atoms with Crippen LogP contribution in [0, 0.1) is 5.92 Å². The van der Waals surface area contributed by atoms with Crippen LogP contribution in [0.1, 0.15) is 36.5 Å². The highest BCUT2D eigenvalue weighted by atomic mass is 35.5. The van der Waals surface area contributed by atoms with Crippen molar-refractivity contribution in [2.75, 3.05) is 26.3 Å². The normalized spacial score (nSPS) is 15.1. The van der Waals surface area contributed by atoms with Crippen LogP contribution in [-0.4, -0.2) is 32.3 Å². The summed E-state index contributed by atoms with van der Waals surface area (Å²) in [6, 6.07) is 7.28. The van der Waals surface area contributed by atoms with Gasteiger partial charge in [0.2, 0.25) is 0 Å². The predicted molar refractivity (Wildman–Crippen MR) is 85.4 cm³/mol. The molecule has 1 aliphatic heterocycles. The van der Waals surface area contributed by atoms with E-state index in [4.69, 9.17) is 9.47 Å². The number of piperidine rings is 1. The predicted octanol–water partition coefficient (Wildman–Crippen LogP) is 3.05. The van der Waals surface area contributed by atoms with Crippen LogP contribution in [0.3, 0.4) is 0 Å². The first kappa shape index (κ1) is 17.8. The van der Waals surface area contributed by atoms with Crippen molar-refractivity contribution in [3.63, 3.8) is 0 Å². The molecule has 5 heteroatoms. The lowest BCUT2D eigenvalue weighted by molar-refractivity contribution is 0.0521. The number of carbonyl (C=O) groups excluding carboxylic acids is 1. The minimum Gasteiger partial charge on any atom is -0.493 e. The van der Waals surface area contributed by atoms with Gasteiger partial charge in [0.15, 0.2) is 0 Å². The van der Waals surface area contributed by atoms with Crippen molar-refractivity contribution in [3.05, 3.63) is 29.8 Å². The molecule has 0 amide bonds. The monoisotopic (exact) mass is 313 g/mol. The van der Waals surface area contributed by atoms with Crippen molar-refractivity contribution >= 4 is 18.4 Å². The highest BCUT2D eigenvalue weighted by Gasteiger charge is 2.15. The van der Waals surface area contributed by atoms with Gasteiger partial charge in [-0.2, -0.15) is 0 Å². The maximum Gasteiger partial charge on any atom is 0.341 e. The minimum atomic E-state index is -0.315. The van der Waals surface area contributed by atoms with Gasteiger partial charge >= 0.3 is 5.97 Å². The van der Waals surface area contributed by atoms with Gasteiger partial charge in [-0.3, -0.25) is 0 Å². The van der Waals surface area contributed by atoms with E-state index in [0.29, 0.717) is 24.5 Å². The number of nitrogens with one attached hydrogen (secondary N) is 1. The lowest BCUT2D eigenvalue weighted by atomic mass is 9.95. The van der Waals surface area contributed by atoms with Gasteiger partial charge in [0, 0.05) is 0 Å². The maximum absolute atomic E-state index is 11.8. The number of para-hydroxylation sites is 1. The Morgan fingerprint density at radius 2 is 2.00 bits per heavy atom. The summed E-state index contributed by atoms with van der Waals surface area (Å²) in [6.45, 7) is 5.04. The maximum atomic E-state index is 11.8. The zero-order valence-corrected chi connectivity index (χ0v) is 13.3. The molecular weight excluding hydrogens is 290 g/mol. The number of benzene rings is 1. The van der Waals surface area contributed by atoms with Crippen LogP contribution in [0.2, 0.25) is 0 Å². The summed E-state index contributed by atoms with van der Waals surface area (Å²) in [5.41, 5.74) is 0.514. The molecule has 4 nitrogen and oxygen atoms in total. The molecule has 0 atom stereocenters. The molecule has 2 rings (SSSR count). The molecule has 0 radical (unpaired) electrons. The molecule has 0 aromatic heterocycles. The molecule has 21 heavy (non-hydrogen) atoms. The van der Waals surface area contributed by atoms with E-state index in [2.05, 4.69) is 5.32 Å². The number of hydrogen-bond acceptors (Lipinski definition) is 4. The molecule has 1 heterocycles. The molecule has 118 valence electrons. The lowest BCUT2D eigenvalue weighted by Gasteiger charge is -2.22. The van der Waals surface area contributed by atoms with Crippen molar-refractivity contribution in [3.8, 4) is 5.75 Å². The second kappa shape index (κ2) is 9.64. The number of ether oxygens (including phenoxy) is 2. The third kappa shape index (κ3) is 5.56. The topological polar surface area (TPSA) is 47.6 Å². The molecule has 0 aliphatic carbocycles. The van der Waals surface area contributed by atoms with Crippen molar-refractivity contribution in [1.82, 2.24) is 5.32 Å². The van der Waals surface area contributed by atoms with Crippen LogP contribution < -0.4 is 10.1 Å². The van der Waals surface area contributed by atoms with Crippen LogP contribution in [-0.2, 0) is 4.74 Å². The van der Waals surface area contributed by atoms with Crippen LogP contribution in [0.15, 0.2) is 24.3 Å². The largest absolute Gasteiger partial charge is 0.493 e. The molecular formula is C16H24ClNO3. The Morgan fingerprint density at radius 3 is 2.71 bits per heavy atom. The summed E-state index contributed by atoms with van der Waals surface area (Å²) < 4.78 is 10.8. The van der Waals surface area contributed by atoms with Gasteiger partial charge in [-0.25, -0.2) is 4.79 Å². The minimum absolute atomic E-state index is 0. The lowest BCUT2D eigenvalue weighted by Crippen LogP contribution is -2.28. The second-order valence-corrected chi connectivity index (χ2v) is 5.05. The van der Waals surface area contributed by atoms with Crippen molar-refractivity contribution in [2.45, 2.75) is 26.2 Å². The second-order valence-electron chi connectivity index (χ2n) is 5.05. The number of rotatable bonds is 6. The summed E-state index contributed by atoms with van der Waals surface area (Å²) >= 11 is 0. The molecule has 1 aromatic rings. The molecule has 1 saturated heterocycles.